The Morgan fingerprint density at radius 2 is 2.20 bits per heavy atom. The zero-order chi connectivity index (χ0) is 10.9. The molecule has 1 aliphatic rings. The van der Waals surface area contributed by atoms with E-state index in [1.807, 2.05) is 12.1 Å². The van der Waals surface area contributed by atoms with Crippen molar-refractivity contribution in [2.24, 2.45) is 5.73 Å². The lowest BCUT2D eigenvalue weighted by Gasteiger charge is -2.38. The van der Waals surface area contributed by atoms with Crippen molar-refractivity contribution in [3.63, 3.8) is 0 Å². The Morgan fingerprint density at radius 3 is 2.73 bits per heavy atom. The molecule has 0 saturated heterocycles. The Kier molecular flexibility index (Phi) is 3.03. The molecule has 0 aliphatic heterocycles. The molecule has 15 heavy (non-hydrogen) atoms. The van der Waals surface area contributed by atoms with Crippen molar-refractivity contribution in [3.8, 4) is 5.75 Å². The number of methoxy groups -OCH3 is 1. The molecule has 2 nitrogen and oxygen atoms in total. The lowest BCUT2D eigenvalue weighted by atomic mass is 9.73. The third-order valence-electron chi connectivity index (χ3n) is 3.13. The summed E-state index contributed by atoms with van der Waals surface area (Å²) in [5.74, 6) is 0.940. The zero-order valence-electron chi connectivity index (χ0n) is 8.92. The normalized spacial score (nSPS) is 18.3. The number of halogens is 1. The fourth-order valence-electron chi connectivity index (χ4n) is 2.07. The monoisotopic (exact) mass is 269 g/mol. The van der Waals surface area contributed by atoms with E-state index in [2.05, 4.69) is 22.0 Å². The van der Waals surface area contributed by atoms with Crippen LogP contribution in [0.1, 0.15) is 24.8 Å². The summed E-state index contributed by atoms with van der Waals surface area (Å²) in [6, 6.07) is 6.08. The van der Waals surface area contributed by atoms with Crippen LogP contribution in [0.5, 0.6) is 5.75 Å². The van der Waals surface area contributed by atoms with Crippen molar-refractivity contribution in [1.29, 1.82) is 0 Å². The Morgan fingerprint density at radius 1 is 1.47 bits per heavy atom. The van der Waals surface area contributed by atoms with Gasteiger partial charge in [-0.05, 0) is 49.4 Å². The van der Waals surface area contributed by atoms with Crippen LogP contribution in [0.4, 0.5) is 0 Å². The Bertz CT molecular complexity index is 361. The van der Waals surface area contributed by atoms with Crippen molar-refractivity contribution in [1.82, 2.24) is 0 Å². The minimum atomic E-state index is 0.00801. The fourth-order valence-corrected chi connectivity index (χ4v) is 2.48. The third kappa shape index (κ3) is 2.34. The molecular weight excluding hydrogens is 254 g/mol. The number of nitrogens with two attached hydrogens (primary N) is 1. The summed E-state index contributed by atoms with van der Waals surface area (Å²) in [5.41, 5.74) is 7.45. The van der Waals surface area contributed by atoms with E-state index in [4.69, 9.17) is 10.5 Å². The van der Waals surface area contributed by atoms with Crippen LogP contribution in [0, 0.1) is 0 Å². The molecule has 1 aromatic carbocycles. The molecule has 0 bridgehead atoms. The molecule has 2 N–H and O–H groups in total. The van der Waals surface area contributed by atoms with E-state index in [0.29, 0.717) is 0 Å². The van der Waals surface area contributed by atoms with E-state index in [1.54, 1.807) is 7.11 Å². The first-order valence-electron chi connectivity index (χ1n) is 5.24. The molecule has 1 aliphatic carbocycles. The second-order valence-corrected chi connectivity index (χ2v) is 5.26. The number of rotatable bonds is 3. The van der Waals surface area contributed by atoms with Crippen LogP contribution in [-0.4, -0.2) is 12.6 Å². The van der Waals surface area contributed by atoms with E-state index in [0.717, 1.165) is 29.5 Å². The van der Waals surface area contributed by atoms with Gasteiger partial charge in [-0.15, -0.1) is 0 Å². The Hall–Kier alpha value is -0.540. The molecule has 0 spiro atoms. The van der Waals surface area contributed by atoms with E-state index >= 15 is 0 Å². The predicted octanol–water partition coefficient (Wildman–Crippen LogP) is 2.88. The summed E-state index contributed by atoms with van der Waals surface area (Å²) in [7, 11) is 1.71. The van der Waals surface area contributed by atoms with Gasteiger partial charge in [-0.1, -0.05) is 15.9 Å². The lowest BCUT2D eigenvalue weighted by Crippen LogP contribution is -2.48. The van der Waals surface area contributed by atoms with Crippen LogP contribution in [0.25, 0.3) is 0 Å². The maximum atomic E-state index is 6.24. The number of ether oxygens (including phenoxy) is 1. The standard InChI is InChI=1S/C12H16BrNO/c1-15-11-4-3-10(13)7-9(11)8-12(14)5-2-6-12/h3-4,7H,2,5-6,8,14H2,1H3. The summed E-state index contributed by atoms with van der Waals surface area (Å²) in [6.45, 7) is 0. The van der Waals surface area contributed by atoms with Crippen molar-refractivity contribution in [2.75, 3.05) is 7.11 Å². The van der Waals surface area contributed by atoms with Crippen LogP contribution < -0.4 is 10.5 Å². The molecule has 0 atom stereocenters. The molecule has 0 amide bonds. The molecule has 2 rings (SSSR count). The van der Waals surface area contributed by atoms with Crippen LogP contribution in [0.2, 0.25) is 0 Å². The van der Waals surface area contributed by atoms with Crippen LogP contribution in [0.3, 0.4) is 0 Å². The number of hydrogen-bond donors (Lipinski definition) is 1. The minimum Gasteiger partial charge on any atom is -0.496 e. The van der Waals surface area contributed by atoms with Gasteiger partial charge in [0, 0.05) is 10.0 Å². The van der Waals surface area contributed by atoms with Crippen molar-refractivity contribution >= 4 is 15.9 Å². The van der Waals surface area contributed by atoms with Gasteiger partial charge in [0.15, 0.2) is 0 Å². The van der Waals surface area contributed by atoms with Gasteiger partial charge >= 0.3 is 0 Å². The highest BCUT2D eigenvalue weighted by Gasteiger charge is 2.33. The SMILES string of the molecule is COc1ccc(Br)cc1CC1(N)CCC1. The van der Waals surface area contributed by atoms with Gasteiger partial charge in [0.05, 0.1) is 7.11 Å². The molecular formula is C12H16BrNO. The number of hydrogen-bond acceptors (Lipinski definition) is 2. The molecule has 82 valence electrons. The average Bonchev–Trinajstić information content (AvgIpc) is 2.16. The van der Waals surface area contributed by atoms with Gasteiger partial charge < -0.3 is 10.5 Å². The van der Waals surface area contributed by atoms with Gasteiger partial charge in [0.2, 0.25) is 0 Å². The Balaban J connectivity index is 2.21. The summed E-state index contributed by atoms with van der Waals surface area (Å²) in [6.07, 6.45) is 4.42. The summed E-state index contributed by atoms with van der Waals surface area (Å²) in [5, 5.41) is 0. The quantitative estimate of drug-likeness (QED) is 0.916. The molecule has 0 unspecified atom stereocenters. The minimum absolute atomic E-state index is 0.00801. The molecule has 1 saturated carbocycles. The second-order valence-electron chi connectivity index (χ2n) is 4.35. The van der Waals surface area contributed by atoms with Crippen LogP contribution in [0.15, 0.2) is 22.7 Å². The van der Waals surface area contributed by atoms with Crippen LogP contribution in [-0.2, 0) is 6.42 Å². The first kappa shape index (κ1) is 11.0. The van der Waals surface area contributed by atoms with Crippen molar-refractivity contribution in [3.05, 3.63) is 28.2 Å². The summed E-state index contributed by atoms with van der Waals surface area (Å²) in [4.78, 5) is 0. The van der Waals surface area contributed by atoms with Crippen LogP contribution >= 0.6 is 15.9 Å². The largest absolute Gasteiger partial charge is 0.496 e. The second kappa shape index (κ2) is 4.14. The van der Waals surface area contributed by atoms with Crippen molar-refractivity contribution in [2.45, 2.75) is 31.2 Å². The molecule has 1 aromatic rings. The molecule has 0 aromatic heterocycles. The predicted molar refractivity (Wildman–Crippen MR) is 65.2 cm³/mol. The molecule has 1 fully saturated rings. The third-order valence-corrected chi connectivity index (χ3v) is 3.63. The maximum Gasteiger partial charge on any atom is 0.122 e. The van der Waals surface area contributed by atoms with Gasteiger partial charge in [0.1, 0.15) is 5.75 Å². The van der Waals surface area contributed by atoms with Gasteiger partial charge in [0.25, 0.3) is 0 Å². The highest BCUT2D eigenvalue weighted by molar-refractivity contribution is 9.10. The van der Waals surface area contributed by atoms with Gasteiger partial charge in [-0.25, -0.2) is 0 Å². The van der Waals surface area contributed by atoms with Gasteiger partial charge in [-0.3, -0.25) is 0 Å². The fraction of sp³-hybridized carbons (Fsp3) is 0.500. The van der Waals surface area contributed by atoms with E-state index in [9.17, 15) is 0 Å². The van der Waals surface area contributed by atoms with E-state index < -0.39 is 0 Å². The maximum absolute atomic E-state index is 6.24. The van der Waals surface area contributed by atoms with E-state index in [1.165, 1.54) is 12.0 Å². The van der Waals surface area contributed by atoms with Gasteiger partial charge in [-0.2, -0.15) is 0 Å². The first-order valence-corrected chi connectivity index (χ1v) is 6.04. The first-order chi connectivity index (χ1) is 7.13. The van der Waals surface area contributed by atoms with E-state index in [-0.39, 0.29) is 5.54 Å². The highest BCUT2D eigenvalue weighted by Crippen LogP contribution is 2.35. The smallest absolute Gasteiger partial charge is 0.122 e. The lowest BCUT2D eigenvalue weighted by molar-refractivity contribution is 0.245. The topological polar surface area (TPSA) is 35.2 Å². The average molecular weight is 270 g/mol. The Labute approximate surface area is 98.9 Å². The summed E-state index contributed by atoms with van der Waals surface area (Å²) >= 11 is 3.48. The number of benzene rings is 1. The van der Waals surface area contributed by atoms with Crippen molar-refractivity contribution < 1.29 is 4.74 Å². The zero-order valence-corrected chi connectivity index (χ0v) is 10.5. The molecule has 3 heteroatoms. The summed E-state index contributed by atoms with van der Waals surface area (Å²) < 4.78 is 6.42. The molecule has 0 heterocycles. The highest BCUT2D eigenvalue weighted by atomic mass is 79.9. The molecule has 0 radical (unpaired) electrons.